The van der Waals surface area contributed by atoms with Gasteiger partial charge in [-0.3, -0.25) is 4.79 Å². The Hall–Kier alpha value is -2.04. The molecule has 0 aliphatic heterocycles. The Morgan fingerprint density at radius 1 is 1.56 bits per heavy atom. The van der Waals surface area contributed by atoms with E-state index in [4.69, 9.17) is 9.15 Å². The van der Waals surface area contributed by atoms with Gasteiger partial charge in [-0.2, -0.15) is 0 Å². The van der Waals surface area contributed by atoms with Crippen LogP contribution in [0.25, 0.3) is 6.08 Å². The summed E-state index contributed by atoms with van der Waals surface area (Å²) in [6, 6.07) is 3.37. The largest absolute Gasteiger partial charge is 0.465 e. The normalized spacial score (nSPS) is 10.9. The quantitative estimate of drug-likeness (QED) is 0.415. The summed E-state index contributed by atoms with van der Waals surface area (Å²) in [5.41, 5.74) is 0.226. The average molecular weight is 224 g/mol. The summed E-state index contributed by atoms with van der Waals surface area (Å²) in [5.74, 6) is -0.0293. The molecule has 0 radical (unpaired) electrons. The zero-order valence-electron chi connectivity index (χ0n) is 8.84. The third-order valence-electron chi connectivity index (χ3n) is 1.70. The van der Waals surface area contributed by atoms with Gasteiger partial charge in [0.05, 0.1) is 18.4 Å². The number of carbonyl (C=O) groups excluding carboxylic acids is 2. The second-order valence-electron chi connectivity index (χ2n) is 2.81. The van der Waals surface area contributed by atoms with Gasteiger partial charge in [0.25, 0.3) is 6.47 Å². The lowest BCUT2D eigenvalue weighted by atomic mass is 10.2. The Labute approximate surface area is 92.6 Å². The number of hydrogen-bond donors (Lipinski definition) is 0. The van der Waals surface area contributed by atoms with E-state index in [1.54, 1.807) is 19.1 Å². The predicted octanol–water partition coefficient (Wildman–Crippen LogP) is 1.40. The Morgan fingerprint density at radius 2 is 2.38 bits per heavy atom. The molecule has 0 amide bonds. The zero-order valence-corrected chi connectivity index (χ0v) is 8.84. The summed E-state index contributed by atoms with van der Waals surface area (Å²) in [6.07, 6.45) is 2.96. The van der Waals surface area contributed by atoms with Crippen molar-refractivity contribution in [2.24, 2.45) is 0 Å². The van der Waals surface area contributed by atoms with Crippen LogP contribution in [0, 0.1) is 0 Å². The average Bonchev–Trinajstić information content (AvgIpc) is 2.77. The number of furan rings is 1. The Kier molecular flexibility index (Phi) is 4.85. The lowest BCUT2D eigenvalue weighted by molar-refractivity contribution is -0.139. The standard InChI is InChI=1S/C11H12O5/c1-2-15-11(13)9(7-14-8-12)6-10-4-3-5-16-10/h3-6,8H,2,7H2,1H3. The Bertz CT molecular complexity index is 364. The van der Waals surface area contributed by atoms with Crippen LogP contribution in [0.3, 0.4) is 0 Å². The molecular weight excluding hydrogens is 212 g/mol. The van der Waals surface area contributed by atoms with E-state index in [1.165, 1.54) is 12.3 Å². The minimum Gasteiger partial charge on any atom is -0.465 e. The van der Waals surface area contributed by atoms with Gasteiger partial charge < -0.3 is 13.9 Å². The van der Waals surface area contributed by atoms with E-state index in [1.807, 2.05) is 0 Å². The van der Waals surface area contributed by atoms with Gasteiger partial charge in [0.1, 0.15) is 12.4 Å². The van der Waals surface area contributed by atoms with Gasteiger partial charge in [-0.15, -0.1) is 0 Å². The molecule has 86 valence electrons. The van der Waals surface area contributed by atoms with E-state index in [2.05, 4.69) is 4.74 Å². The molecule has 0 spiro atoms. The molecule has 1 rings (SSSR count). The van der Waals surface area contributed by atoms with E-state index in [-0.39, 0.29) is 25.3 Å². The molecule has 0 bridgehead atoms. The van der Waals surface area contributed by atoms with Crippen molar-refractivity contribution < 1.29 is 23.5 Å². The lowest BCUT2D eigenvalue weighted by Gasteiger charge is -2.04. The summed E-state index contributed by atoms with van der Waals surface area (Å²) >= 11 is 0. The van der Waals surface area contributed by atoms with Crippen LogP contribution in [0.2, 0.25) is 0 Å². The first-order valence-electron chi connectivity index (χ1n) is 4.74. The molecule has 0 aliphatic carbocycles. The smallest absolute Gasteiger partial charge is 0.337 e. The molecule has 0 atom stereocenters. The second kappa shape index (κ2) is 6.44. The molecule has 5 heteroatoms. The number of ether oxygens (including phenoxy) is 2. The first-order valence-corrected chi connectivity index (χ1v) is 4.74. The van der Waals surface area contributed by atoms with Crippen molar-refractivity contribution >= 4 is 18.5 Å². The maximum absolute atomic E-state index is 11.4. The lowest BCUT2D eigenvalue weighted by Crippen LogP contribution is -2.12. The highest BCUT2D eigenvalue weighted by Gasteiger charge is 2.11. The molecule has 16 heavy (non-hydrogen) atoms. The van der Waals surface area contributed by atoms with Crippen molar-refractivity contribution in [1.82, 2.24) is 0 Å². The number of hydrogen-bond acceptors (Lipinski definition) is 5. The molecule has 0 saturated carbocycles. The maximum atomic E-state index is 11.4. The number of rotatable bonds is 6. The summed E-state index contributed by atoms with van der Waals surface area (Å²) in [5, 5.41) is 0. The van der Waals surface area contributed by atoms with Crippen molar-refractivity contribution in [3.8, 4) is 0 Å². The van der Waals surface area contributed by atoms with Gasteiger partial charge in [-0.1, -0.05) is 0 Å². The van der Waals surface area contributed by atoms with E-state index in [0.29, 0.717) is 5.76 Å². The fourth-order valence-corrected chi connectivity index (χ4v) is 1.05. The molecule has 0 aliphatic rings. The number of esters is 1. The molecule has 5 nitrogen and oxygen atoms in total. The van der Waals surface area contributed by atoms with Crippen molar-refractivity contribution in [3.63, 3.8) is 0 Å². The molecule has 0 saturated heterocycles. The highest BCUT2D eigenvalue weighted by Crippen LogP contribution is 2.09. The monoisotopic (exact) mass is 224 g/mol. The van der Waals surface area contributed by atoms with Crippen LogP contribution in [0.5, 0.6) is 0 Å². The number of carbonyl (C=O) groups is 2. The van der Waals surface area contributed by atoms with Crippen LogP contribution in [0.1, 0.15) is 12.7 Å². The molecule has 1 aromatic heterocycles. The van der Waals surface area contributed by atoms with Crippen LogP contribution in [-0.4, -0.2) is 25.7 Å². The first kappa shape index (κ1) is 12.0. The van der Waals surface area contributed by atoms with Crippen molar-refractivity contribution in [2.75, 3.05) is 13.2 Å². The first-order chi connectivity index (χ1) is 7.77. The molecule has 0 unspecified atom stereocenters. The summed E-state index contributed by atoms with van der Waals surface area (Å²) in [4.78, 5) is 21.5. The fourth-order valence-electron chi connectivity index (χ4n) is 1.05. The van der Waals surface area contributed by atoms with Crippen molar-refractivity contribution in [1.29, 1.82) is 0 Å². The van der Waals surface area contributed by atoms with Crippen LogP contribution in [0.15, 0.2) is 28.4 Å². The fraction of sp³-hybridized carbons (Fsp3) is 0.273. The summed E-state index contributed by atoms with van der Waals surface area (Å²) < 4.78 is 14.4. The molecule has 1 heterocycles. The Balaban J connectivity index is 2.77. The third-order valence-corrected chi connectivity index (χ3v) is 1.70. The van der Waals surface area contributed by atoms with E-state index < -0.39 is 5.97 Å². The van der Waals surface area contributed by atoms with Crippen molar-refractivity contribution in [2.45, 2.75) is 6.92 Å². The summed E-state index contributed by atoms with van der Waals surface area (Å²) in [7, 11) is 0. The van der Waals surface area contributed by atoms with Gasteiger partial charge in [0.15, 0.2) is 0 Å². The van der Waals surface area contributed by atoms with Gasteiger partial charge in [0.2, 0.25) is 0 Å². The van der Waals surface area contributed by atoms with Gasteiger partial charge in [0, 0.05) is 0 Å². The maximum Gasteiger partial charge on any atom is 0.337 e. The van der Waals surface area contributed by atoms with Gasteiger partial charge >= 0.3 is 5.97 Å². The van der Waals surface area contributed by atoms with Crippen LogP contribution in [-0.2, 0) is 19.1 Å². The van der Waals surface area contributed by atoms with Gasteiger partial charge in [-0.05, 0) is 25.1 Å². The predicted molar refractivity (Wildman–Crippen MR) is 55.3 cm³/mol. The zero-order chi connectivity index (χ0) is 11.8. The highest BCUT2D eigenvalue weighted by atomic mass is 16.5. The van der Waals surface area contributed by atoms with Crippen LogP contribution >= 0.6 is 0 Å². The molecular formula is C11H12O5. The minimum absolute atomic E-state index is 0.136. The SMILES string of the molecule is CCOC(=O)C(=Cc1ccco1)COC=O. The van der Waals surface area contributed by atoms with E-state index in [0.717, 1.165) is 0 Å². The van der Waals surface area contributed by atoms with Crippen LogP contribution < -0.4 is 0 Å². The molecule has 1 aromatic rings. The third kappa shape index (κ3) is 3.61. The van der Waals surface area contributed by atoms with Gasteiger partial charge in [-0.25, -0.2) is 4.79 Å². The highest BCUT2D eigenvalue weighted by molar-refractivity contribution is 5.93. The van der Waals surface area contributed by atoms with Crippen molar-refractivity contribution in [3.05, 3.63) is 29.7 Å². The molecule has 0 N–H and O–H groups in total. The van der Waals surface area contributed by atoms with Crippen LogP contribution in [0.4, 0.5) is 0 Å². The molecule has 0 fully saturated rings. The van der Waals surface area contributed by atoms with E-state index in [9.17, 15) is 9.59 Å². The minimum atomic E-state index is -0.527. The molecule has 0 aromatic carbocycles. The van der Waals surface area contributed by atoms with E-state index >= 15 is 0 Å². The second-order valence-corrected chi connectivity index (χ2v) is 2.81. The summed E-state index contributed by atoms with van der Waals surface area (Å²) in [6.45, 7) is 2.09. The topological polar surface area (TPSA) is 65.7 Å². The Morgan fingerprint density at radius 3 is 2.94 bits per heavy atom.